The van der Waals surface area contributed by atoms with Gasteiger partial charge >= 0.3 is 0 Å². The van der Waals surface area contributed by atoms with Crippen LogP contribution in [-0.2, 0) is 0 Å². The summed E-state index contributed by atoms with van der Waals surface area (Å²) in [5.74, 6) is 2.65. The molecule has 1 saturated heterocycles. The van der Waals surface area contributed by atoms with Crippen molar-refractivity contribution in [3.63, 3.8) is 0 Å². The van der Waals surface area contributed by atoms with Gasteiger partial charge in [-0.15, -0.1) is 10.2 Å². The lowest BCUT2D eigenvalue weighted by molar-refractivity contribution is 0.469. The van der Waals surface area contributed by atoms with Crippen molar-refractivity contribution in [3.05, 3.63) is 48.2 Å². The summed E-state index contributed by atoms with van der Waals surface area (Å²) in [4.78, 5) is 14.7. The van der Waals surface area contributed by atoms with Gasteiger partial charge in [0, 0.05) is 37.9 Å². The van der Waals surface area contributed by atoms with Gasteiger partial charge < -0.3 is 20.4 Å². The van der Waals surface area contributed by atoms with Crippen molar-refractivity contribution in [2.75, 3.05) is 41.3 Å². The van der Waals surface area contributed by atoms with E-state index in [1.807, 2.05) is 6.20 Å². The number of fused-ring (bicyclic) bond motifs is 3. The van der Waals surface area contributed by atoms with Crippen molar-refractivity contribution < 1.29 is 0 Å². The highest BCUT2D eigenvalue weighted by atomic mass is 15.4. The predicted octanol–water partition coefficient (Wildman–Crippen LogP) is 3.85. The molecule has 9 heteroatoms. The molecule has 0 unspecified atom stereocenters. The second-order valence-corrected chi connectivity index (χ2v) is 9.93. The zero-order chi connectivity index (χ0) is 23.8. The highest BCUT2D eigenvalue weighted by molar-refractivity contribution is 5.63. The SMILES string of the molecule is CC[C@@H]1c2nncn2-c2cnc(N[C@@H](C)c3ccc(N4CCNCC4)cc3)nc2N1C1CCCC1. The average molecular weight is 474 g/mol. The van der Waals surface area contributed by atoms with Gasteiger partial charge in [0.15, 0.2) is 11.6 Å². The van der Waals surface area contributed by atoms with Crippen LogP contribution in [0.2, 0.25) is 0 Å². The van der Waals surface area contributed by atoms with Crippen molar-refractivity contribution >= 4 is 17.5 Å². The van der Waals surface area contributed by atoms with Gasteiger partial charge in [-0.25, -0.2) is 4.98 Å². The van der Waals surface area contributed by atoms with Crippen LogP contribution in [0.3, 0.4) is 0 Å². The first-order chi connectivity index (χ1) is 17.2. The maximum Gasteiger partial charge on any atom is 0.225 e. The van der Waals surface area contributed by atoms with Crippen molar-refractivity contribution in [1.29, 1.82) is 0 Å². The van der Waals surface area contributed by atoms with Crippen LogP contribution in [0.4, 0.5) is 17.5 Å². The molecule has 184 valence electrons. The molecule has 4 heterocycles. The number of nitrogens with one attached hydrogen (secondary N) is 2. The fraction of sp³-hybridized carbons (Fsp3) is 0.538. The maximum absolute atomic E-state index is 5.08. The first kappa shape index (κ1) is 22.3. The minimum absolute atomic E-state index is 0.0982. The zero-order valence-electron chi connectivity index (χ0n) is 20.7. The second kappa shape index (κ2) is 9.45. The summed E-state index contributed by atoms with van der Waals surface area (Å²) < 4.78 is 2.07. The lowest BCUT2D eigenvalue weighted by Gasteiger charge is -2.40. The van der Waals surface area contributed by atoms with Gasteiger partial charge in [-0.2, -0.15) is 4.98 Å². The number of hydrogen-bond donors (Lipinski definition) is 2. The normalized spacial score (nSPS) is 21.0. The van der Waals surface area contributed by atoms with E-state index in [0.29, 0.717) is 12.0 Å². The number of anilines is 3. The van der Waals surface area contributed by atoms with E-state index < -0.39 is 0 Å². The third-order valence-electron chi connectivity index (χ3n) is 7.79. The molecule has 2 aliphatic heterocycles. The summed E-state index contributed by atoms with van der Waals surface area (Å²) in [6, 6.07) is 9.67. The summed E-state index contributed by atoms with van der Waals surface area (Å²) in [5, 5.41) is 15.7. The van der Waals surface area contributed by atoms with E-state index in [1.165, 1.54) is 36.9 Å². The van der Waals surface area contributed by atoms with E-state index in [2.05, 4.69) is 73.3 Å². The molecule has 2 aromatic heterocycles. The lowest BCUT2D eigenvalue weighted by Crippen LogP contribution is -2.43. The number of hydrogen-bond acceptors (Lipinski definition) is 8. The number of rotatable bonds is 6. The summed E-state index contributed by atoms with van der Waals surface area (Å²) >= 11 is 0. The molecule has 1 aliphatic carbocycles. The van der Waals surface area contributed by atoms with Crippen LogP contribution in [0, 0.1) is 0 Å². The maximum atomic E-state index is 5.08. The van der Waals surface area contributed by atoms with Gasteiger partial charge in [0.25, 0.3) is 0 Å². The highest BCUT2D eigenvalue weighted by Crippen LogP contribution is 2.42. The molecule has 3 aliphatic rings. The fourth-order valence-electron chi connectivity index (χ4n) is 5.89. The molecule has 2 atom stereocenters. The minimum Gasteiger partial charge on any atom is -0.369 e. The predicted molar refractivity (Wildman–Crippen MR) is 138 cm³/mol. The van der Waals surface area contributed by atoms with Crippen LogP contribution in [-0.4, -0.2) is 57.0 Å². The van der Waals surface area contributed by atoms with Crippen LogP contribution in [0.1, 0.15) is 69.4 Å². The molecule has 0 amide bonds. The summed E-state index contributed by atoms with van der Waals surface area (Å²) in [5.41, 5.74) is 3.49. The third kappa shape index (κ3) is 4.11. The Morgan fingerprint density at radius 3 is 2.63 bits per heavy atom. The third-order valence-corrected chi connectivity index (χ3v) is 7.79. The van der Waals surface area contributed by atoms with Crippen molar-refractivity contribution in [2.24, 2.45) is 0 Å². The molecule has 0 spiro atoms. The van der Waals surface area contributed by atoms with Gasteiger partial charge in [-0.05, 0) is 43.9 Å². The first-order valence-electron chi connectivity index (χ1n) is 13.1. The summed E-state index contributed by atoms with van der Waals surface area (Å²) in [7, 11) is 0. The van der Waals surface area contributed by atoms with Gasteiger partial charge in [0.2, 0.25) is 5.95 Å². The molecule has 1 saturated carbocycles. The standard InChI is InChI=1S/C26H35N9/c1-3-22-25-32-29-17-34(25)23-16-28-26(31-24(23)35(22)21-6-4-5-7-21)30-18(2)19-8-10-20(11-9-19)33-14-12-27-13-15-33/h8-11,16-18,21-22,27H,3-7,12-15H2,1-2H3,(H,28,30,31)/t18-,22+/m0/s1. The van der Waals surface area contributed by atoms with Crippen LogP contribution < -0.4 is 20.4 Å². The van der Waals surface area contributed by atoms with Crippen LogP contribution in [0.15, 0.2) is 36.8 Å². The molecule has 9 nitrogen and oxygen atoms in total. The number of benzene rings is 1. The van der Waals surface area contributed by atoms with Gasteiger partial charge in [0.1, 0.15) is 12.0 Å². The number of aromatic nitrogens is 5. The molecule has 2 N–H and O–H groups in total. The van der Waals surface area contributed by atoms with Crippen LogP contribution in [0.5, 0.6) is 0 Å². The smallest absolute Gasteiger partial charge is 0.225 e. The van der Waals surface area contributed by atoms with E-state index in [0.717, 1.165) is 49.9 Å². The largest absolute Gasteiger partial charge is 0.369 e. The molecule has 3 aromatic rings. The van der Waals surface area contributed by atoms with E-state index in [1.54, 1.807) is 6.33 Å². The number of nitrogens with zero attached hydrogens (tertiary/aromatic N) is 7. The Hall–Kier alpha value is -3.20. The van der Waals surface area contributed by atoms with Gasteiger partial charge in [-0.1, -0.05) is 31.9 Å². The minimum atomic E-state index is 0.0982. The van der Waals surface area contributed by atoms with Gasteiger partial charge in [0.05, 0.1) is 18.3 Å². The molecule has 35 heavy (non-hydrogen) atoms. The summed E-state index contributed by atoms with van der Waals surface area (Å²) in [6.07, 6.45) is 9.64. The Labute approximate surface area is 207 Å². The Kier molecular flexibility index (Phi) is 6.01. The van der Waals surface area contributed by atoms with Crippen LogP contribution >= 0.6 is 0 Å². The molecule has 6 rings (SSSR count). The first-order valence-corrected chi connectivity index (χ1v) is 13.1. The van der Waals surface area contributed by atoms with E-state index in [4.69, 9.17) is 9.97 Å². The Balaban J connectivity index is 1.26. The zero-order valence-corrected chi connectivity index (χ0v) is 20.7. The fourth-order valence-corrected chi connectivity index (χ4v) is 5.89. The van der Waals surface area contributed by atoms with E-state index in [-0.39, 0.29) is 12.1 Å². The monoisotopic (exact) mass is 473 g/mol. The highest BCUT2D eigenvalue weighted by Gasteiger charge is 2.38. The topological polar surface area (TPSA) is 87.0 Å². The number of piperazine rings is 1. The Bertz CT molecular complexity index is 1150. The molecule has 0 bridgehead atoms. The van der Waals surface area contributed by atoms with E-state index in [9.17, 15) is 0 Å². The van der Waals surface area contributed by atoms with Crippen molar-refractivity contribution in [3.8, 4) is 5.69 Å². The quantitative estimate of drug-likeness (QED) is 0.558. The van der Waals surface area contributed by atoms with Crippen LogP contribution in [0.25, 0.3) is 5.69 Å². The summed E-state index contributed by atoms with van der Waals surface area (Å²) in [6.45, 7) is 8.60. The average Bonchev–Trinajstić information content (AvgIpc) is 3.61. The van der Waals surface area contributed by atoms with Gasteiger partial charge in [-0.3, -0.25) is 4.57 Å². The van der Waals surface area contributed by atoms with Crippen molar-refractivity contribution in [2.45, 2.75) is 64.1 Å². The molecular weight excluding hydrogens is 438 g/mol. The molecular formula is C26H35N9. The second-order valence-electron chi connectivity index (χ2n) is 9.93. The Morgan fingerprint density at radius 2 is 1.89 bits per heavy atom. The molecule has 1 aromatic carbocycles. The van der Waals surface area contributed by atoms with E-state index >= 15 is 0 Å². The lowest BCUT2D eigenvalue weighted by atomic mass is 10.0. The molecule has 2 fully saturated rings. The Morgan fingerprint density at radius 1 is 1.11 bits per heavy atom. The molecule has 0 radical (unpaired) electrons. The van der Waals surface area contributed by atoms with Crippen molar-refractivity contribution in [1.82, 2.24) is 30.0 Å².